The number of nitrogens with one attached hydrogen (secondary N) is 1. The zero-order chi connectivity index (χ0) is 15.6. The topological polar surface area (TPSA) is 66.4 Å². The van der Waals surface area contributed by atoms with E-state index in [4.69, 9.17) is 5.11 Å². The molecule has 114 valence electrons. The highest BCUT2D eigenvalue weighted by Gasteiger charge is 2.31. The Balaban J connectivity index is 2.10. The Morgan fingerprint density at radius 1 is 1.48 bits per heavy atom. The second-order valence-electron chi connectivity index (χ2n) is 5.81. The highest BCUT2D eigenvalue weighted by molar-refractivity contribution is 7.99. The van der Waals surface area contributed by atoms with E-state index in [1.54, 1.807) is 17.8 Å². The number of hydrogen-bond acceptors (Lipinski definition) is 3. The number of halogens is 1. The highest BCUT2D eigenvalue weighted by Crippen LogP contribution is 2.36. The fraction of sp³-hybridized carbons (Fsp3) is 0.467. The van der Waals surface area contributed by atoms with Crippen LogP contribution in [0.1, 0.15) is 38.3 Å². The first kappa shape index (κ1) is 15.8. The SMILES string of the molecule is CC(C)(CC(=O)NC1CCSc2ccc(F)cc21)C(=O)O. The van der Waals surface area contributed by atoms with Crippen molar-refractivity contribution in [2.75, 3.05) is 5.75 Å². The Morgan fingerprint density at radius 2 is 2.19 bits per heavy atom. The van der Waals surface area contributed by atoms with Crippen LogP contribution in [0, 0.1) is 11.2 Å². The Bertz CT molecular complexity index is 574. The van der Waals surface area contributed by atoms with Gasteiger partial charge in [0.05, 0.1) is 11.5 Å². The second-order valence-corrected chi connectivity index (χ2v) is 6.94. The number of carboxylic acids is 1. The number of aliphatic carboxylic acids is 1. The molecule has 4 nitrogen and oxygen atoms in total. The van der Waals surface area contributed by atoms with Crippen molar-refractivity contribution in [2.24, 2.45) is 5.41 Å². The van der Waals surface area contributed by atoms with Gasteiger partial charge in [-0.3, -0.25) is 9.59 Å². The second kappa shape index (κ2) is 6.05. The predicted octanol–water partition coefficient (Wildman–Crippen LogP) is 2.98. The highest BCUT2D eigenvalue weighted by atomic mass is 32.2. The van der Waals surface area contributed by atoms with E-state index >= 15 is 0 Å². The molecule has 1 atom stereocenters. The summed E-state index contributed by atoms with van der Waals surface area (Å²) in [6, 6.07) is 4.31. The van der Waals surface area contributed by atoms with Crippen molar-refractivity contribution < 1.29 is 19.1 Å². The van der Waals surface area contributed by atoms with Crippen LogP contribution in [-0.4, -0.2) is 22.7 Å². The first-order valence-electron chi connectivity index (χ1n) is 6.74. The number of carbonyl (C=O) groups is 2. The van der Waals surface area contributed by atoms with Crippen LogP contribution >= 0.6 is 11.8 Å². The molecule has 0 bridgehead atoms. The van der Waals surface area contributed by atoms with E-state index in [9.17, 15) is 14.0 Å². The Hall–Kier alpha value is -1.56. The van der Waals surface area contributed by atoms with Gasteiger partial charge >= 0.3 is 5.97 Å². The number of carbonyl (C=O) groups excluding carboxylic acids is 1. The third-order valence-electron chi connectivity index (χ3n) is 3.53. The zero-order valence-corrected chi connectivity index (χ0v) is 12.8. The van der Waals surface area contributed by atoms with Crippen LogP contribution in [0.2, 0.25) is 0 Å². The summed E-state index contributed by atoms with van der Waals surface area (Å²) in [5.74, 6) is -0.828. The van der Waals surface area contributed by atoms with Crippen molar-refractivity contribution in [1.82, 2.24) is 5.32 Å². The lowest BCUT2D eigenvalue weighted by Gasteiger charge is -2.27. The van der Waals surface area contributed by atoms with Crippen LogP contribution in [0.3, 0.4) is 0 Å². The van der Waals surface area contributed by atoms with Gasteiger partial charge in [0.1, 0.15) is 5.82 Å². The van der Waals surface area contributed by atoms with Crippen LogP contribution in [0.25, 0.3) is 0 Å². The van der Waals surface area contributed by atoms with Crippen molar-refractivity contribution in [2.45, 2.75) is 37.6 Å². The first-order valence-corrected chi connectivity index (χ1v) is 7.73. The maximum atomic E-state index is 13.4. The normalized spacial score (nSPS) is 18.0. The third-order valence-corrected chi connectivity index (χ3v) is 4.65. The van der Waals surface area contributed by atoms with Gasteiger partial charge in [0.25, 0.3) is 0 Å². The van der Waals surface area contributed by atoms with Gasteiger partial charge < -0.3 is 10.4 Å². The molecule has 0 spiro atoms. The fourth-order valence-electron chi connectivity index (χ4n) is 2.24. The van der Waals surface area contributed by atoms with Crippen LogP contribution in [0.4, 0.5) is 4.39 Å². The summed E-state index contributed by atoms with van der Waals surface area (Å²) in [7, 11) is 0. The monoisotopic (exact) mass is 311 g/mol. The average Bonchev–Trinajstić information content (AvgIpc) is 2.38. The molecule has 1 unspecified atom stereocenters. The lowest BCUT2D eigenvalue weighted by atomic mass is 9.89. The van der Waals surface area contributed by atoms with Crippen LogP contribution in [0.5, 0.6) is 0 Å². The van der Waals surface area contributed by atoms with Crippen LogP contribution < -0.4 is 5.32 Å². The molecule has 0 fully saturated rings. The molecule has 0 saturated carbocycles. The molecule has 1 aromatic carbocycles. The molecule has 0 saturated heterocycles. The number of carboxylic acid groups (broad SMARTS) is 1. The smallest absolute Gasteiger partial charge is 0.309 e. The summed E-state index contributed by atoms with van der Waals surface area (Å²) < 4.78 is 13.4. The Labute approximate surface area is 127 Å². The van der Waals surface area contributed by atoms with Gasteiger partial charge in [-0.2, -0.15) is 0 Å². The van der Waals surface area contributed by atoms with E-state index < -0.39 is 11.4 Å². The molecule has 1 aliphatic heterocycles. The lowest BCUT2D eigenvalue weighted by molar-refractivity contribution is -0.149. The first-order chi connectivity index (χ1) is 9.79. The number of thioether (sulfide) groups is 1. The van der Waals surface area contributed by atoms with Crippen molar-refractivity contribution in [3.63, 3.8) is 0 Å². The molecular weight excluding hydrogens is 293 g/mol. The Kier molecular flexibility index (Phi) is 4.56. The van der Waals surface area contributed by atoms with Gasteiger partial charge in [-0.1, -0.05) is 0 Å². The van der Waals surface area contributed by atoms with E-state index in [0.29, 0.717) is 6.42 Å². The number of fused-ring (bicyclic) bond motifs is 1. The molecule has 1 aliphatic rings. The molecule has 6 heteroatoms. The Morgan fingerprint density at radius 3 is 2.86 bits per heavy atom. The minimum Gasteiger partial charge on any atom is -0.481 e. The number of rotatable bonds is 4. The van der Waals surface area contributed by atoms with E-state index in [0.717, 1.165) is 16.2 Å². The van der Waals surface area contributed by atoms with Gasteiger partial charge in [0, 0.05) is 17.1 Å². The van der Waals surface area contributed by atoms with E-state index in [1.165, 1.54) is 26.0 Å². The molecule has 1 heterocycles. The van der Waals surface area contributed by atoms with Gasteiger partial charge in [0.15, 0.2) is 0 Å². The number of amides is 1. The largest absolute Gasteiger partial charge is 0.481 e. The maximum Gasteiger partial charge on any atom is 0.309 e. The quantitative estimate of drug-likeness (QED) is 0.897. The van der Waals surface area contributed by atoms with Crippen molar-refractivity contribution in [1.29, 1.82) is 0 Å². The summed E-state index contributed by atoms with van der Waals surface area (Å²) in [4.78, 5) is 24.1. The van der Waals surface area contributed by atoms with Crippen molar-refractivity contribution in [3.05, 3.63) is 29.6 Å². The molecule has 0 radical (unpaired) electrons. The zero-order valence-electron chi connectivity index (χ0n) is 12.0. The standard InChI is InChI=1S/C15H18FNO3S/c1-15(2,14(19)20)8-13(18)17-11-5-6-21-12-4-3-9(16)7-10(11)12/h3-4,7,11H,5-6,8H2,1-2H3,(H,17,18)(H,19,20). The molecular formula is C15H18FNO3S. The minimum absolute atomic E-state index is 0.101. The van der Waals surface area contributed by atoms with E-state index in [1.807, 2.05) is 0 Å². The molecule has 21 heavy (non-hydrogen) atoms. The lowest BCUT2D eigenvalue weighted by Crippen LogP contribution is -2.36. The number of benzene rings is 1. The van der Waals surface area contributed by atoms with Gasteiger partial charge in [-0.25, -0.2) is 4.39 Å². The van der Waals surface area contributed by atoms with Gasteiger partial charge in [0.2, 0.25) is 5.91 Å². The maximum absolute atomic E-state index is 13.4. The minimum atomic E-state index is -1.11. The molecule has 1 aromatic rings. The summed E-state index contributed by atoms with van der Waals surface area (Å²) >= 11 is 1.63. The molecule has 0 aromatic heterocycles. The fourth-order valence-corrected chi connectivity index (χ4v) is 3.34. The van der Waals surface area contributed by atoms with Crippen molar-refractivity contribution >= 4 is 23.6 Å². The molecule has 1 amide bonds. The van der Waals surface area contributed by atoms with Crippen LogP contribution in [0.15, 0.2) is 23.1 Å². The third kappa shape index (κ3) is 3.75. The number of hydrogen-bond donors (Lipinski definition) is 2. The molecule has 0 aliphatic carbocycles. The van der Waals surface area contributed by atoms with Crippen molar-refractivity contribution in [3.8, 4) is 0 Å². The van der Waals surface area contributed by atoms with Gasteiger partial charge in [-0.05, 0) is 44.0 Å². The summed E-state index contributed by atoms with van der Waals surface area (Å²) in [6.45, 7) is 3.03. The molecule has 2 N–H and O–H groups in total. The van der Waals surface area contributed by atoms with E-state index in [-0.39, 0.29) is 24.2 Å². The summed E-state index contributed by atoms with van der Waals surface area (Å²) in [5, 5.41) is 11.9. The predicted molar refractivity (Wildman–Crippen MR) is 78.7 cm³/mol. The van der Waals surface area contributed by atoms with Crippen LogP contribution in [-0.2, 0) is 9.59 Å². The molecule has 2 rings (SSSR count). The average molecular weight is 311 g/mol. The summed E-state index contributed by atoms with van der Waals surface area (Å²) in [5.41, 5.74) is -0.342. The van der Waals surface area contributed by atoms with Gasteiger partial charge in [-0.15, -0.1) is 11.8 Å². The van der Waals surface area contributed by atoms with E-state index in [2.05, 4.69) is 5.32 Å². The summed E-state index contributed by atoms with van der Waals surface area (Å²) in [6.07, 6.45) is 0.608.